The van der Waals surface area contributed by atoms with E-state index in [1.54, 1.807) is 7.05 Å². The predicted molar refractivity (Wildman–Crippen MR) is 135 cm³/mol. The number of fused-ring (bicyclic) bond motifs is 2. The number of rotatable bonds is 6. The van der Waals surface area contributed by atoms with Crippen LogP contribution in [0.2, 0.25) is 0 Å². The van der Waals surface area contributed by atoms with Crippen molar-refractivity contribution in [2.75, 3.05) is 29.3 Å². The molecule has 198 valence electrons. The first-order chi connectivity index (χ1) is 17.0. The monoisotopic (exact) mass is 550 g/mol. The third-order valence-corrected chi connectivity index (χ3v) is 8.59. The van der Waals surface area contributed by atoms with Gasteiger partial charge >= 0.3 is 52.0 Å². The molecule has 1 saturated heterocycles. The molecule has 2 heterocycles. The van der Waals surface area contributed by atoms with Crippen LogP contribution in [0.25, 0.3) is 0 Å². The van der Waals surface area contributed by atoms with Crippen molar-refractivity contribution in [3.05, 3.63) is 40.7 Å². The van der Waals surface area contributed by atoms with E-state index in [0.717, 1.165) is 54.0 Å². The van der Waals surface area contributed by atoms with E-state index in [4.69, 9.17) is 0 Å². The van der Waals surface area contributed by atoms with Crippen LogP contribution in [-0.4, -0.2) is 90.5 Å². The number of carbonyl (C=O) groups excluding carboxylic acids is 1. The van der Waals surface area contributed by atoms with Crippen LogP contribution in [0, 0.1) is 0 Å². The topological polar surface area (TPSA) is 99.6 Å². The summed E-state index contributed by atoms with van der Waals surface area (Å²) in [4.78, 5) is 14.2. The number of nitrogens with one attached hydrogen (secondary N) is 2. The van der Waals surface area contributed by atoms with Gasteiger partial charge in [0.05, 0.1) is 24.5 Å². The fourth-order valence-electron chi connectivity index (χ4n) is 5.74. The normalized spacial score (nSPS) is 19.3. The Balaban J connectivity index is 0.00000320. The summed E-state index contributed by atoms with van der Waals surface area (Å²) in [7, 11) is -2.84. The van der Waals surface area contributed by atoms with Crippen LogP contribution in [0.15, 0.2) is 18.5 Å². The maximum atomic E-state index is 13.5. The van der Waals surface area contributed by atoms with E-state index >= 15 is 0 Å². The predicted octanol–water partition coefficient (Wildman–Crippen LogP) is 2.26. The number of aromatic nitrogens is 2. The number of anilines is 2. The van der Waals surface area contributed by atoms with Crippen LogP contribution < -0.4 is 14.3 Å². The van der Waals surface area contributed by atoms with Gasteiger partial charge in [-0.25, -0.2) is 13.8 Å². The summed E-state index contributed by atoms with van der Waals surface area (Å²) in [5.74, 6) is 0. The summed E-state index contributed by atoms with van der Waals surface area (Å²) < 4.78 is 70.2. The minimum absolute atomic E-state index is 0. The molecular formula is C23H30F3N6NaO3S. The van der Waals surface area contributed by atoms with Gasteiger partial charge in [-0.2, -0.15) is 26.7 Å². The van der Waals surface area contributed by atoms with Gasteiger partial charge in [0.1, 0.15) is 0 Å². The first-order valence-electron chi connectivity index (χ1n) is 12.1. The summed E-state index contributed by atoms with van der Waals surface area (Å²) in [5.41, 5.74) is 5.40. The second-order valence-electron chi connectivity index (χ2n) is 9.76. The van der Waals surface area contributed by atoms with E-state index in [1.807, 2.05) is 0 Å². The Morgan fingerprint density at radius 1 is 1.16 bits per heavy atom. The van der Waals surface area contributed by atoms with Crippen molar-refractivity contribution in [2.24, 2.45) is 7.05 Å². The third-order valence-electron chi connectivity index (χ3n) is 7.12. The van der Waals surface area contributed by atoms with Crippen molar-refractivity contribution in [1.82, 2.24) is 19.4 Å². The van der Waals surface area contributed by atoms with E-state index in [-0.39, 0.29) is 54.8 Å². The van der Waals surface area contributed by atoms with Gasteiger partial charge in [0, 0.05) is 32.0 Å². The molecule has 0 radical (unpaired) electrons. The Hall–Kier alpha value is -1.80. The number of benzene rings is 1. The summed E-state index contributed by atoms with van der Waals surface area (Å²) in [6.45, 7) is -1.15. The van der Waals surface area contributed by atoms with Crippen molar-refractivity contribution in [1.29, 1.82) is 0 Å². The van der Waals surface area contributed by atoms with Crippen LogP contribution in [0.3, 0.4) is 0 Å². The number of halogens is 3. The van der Waals surface area contributed by atoms with Gasteiger partial charge in [-0.1, -0.05) is 6.07 Å². The number of carbonyl (C=O) groups is 1. The first kappa shape index (κ1) is 28.2. The van der Waals surface area contributed by atoms with E-state index in [9.17, 15) is 26.4 Å². The molecule has 0 saturated carbocycles. The Morgan fingerprint density at radius 2 is 1.81 bits per heavy atom. The van der Waals surface area contributed by atoms with E-state index in [0.29, 0.717) is 5.69 Å². The molecule has 5 rings (SSSR count). The molecular weight excluding hydrogens is 520 g/mol. The Bertz CT molecular complexity index is 1250. The van der Waals surface area contributed by atoms with Crippen molar-refractivity contribution in [3.8, 4) is 0 Å². The van der Waals surface area contributed by atoms with Gasteiger partial charge in [0.2, 0.25) is 0 Å². The van der Waals surface area contributed by atoms with Crippen molar-refractivity contribution in [3.63, 3.8) is 0 Å². The molecule has 1 aromatic heterocycles. The number of nitrogens with zero attached hydrogens (tertiary/aromatic N) is 4. The van der Waals surface area contributed by atoms with Crippen LogP contribution >= 0.6 is 0 Å². The number of likely N-dealkylation sites (tertiary alicyclic amines) is 1. The van der Waals surface area contributed by atoms with E-state index in [2.05, 4.69) is 21.2 Å². The molecule has 9 nitrogen and oxygen atoms in total. The van der Waals surface area contributed by atoms with Gasteiger partial charge in [0.15, 0.2) is 0 Å². The second-order valence-corrected chi connectivity index (χ2v) is 11.3. The van der Waals surface area contributed by atoms with Gasteiger partial charge < -0.3 is 5.32 Å². The van der Waals surface area contributed by atoms with Gasteiger partial charge in [-0.15, -0.1) is 0 Å². The molecule has 3 aliphatic rings. The number of urea groups is 1. The maximum absolute atomic E-state index is 13.5. The zero-order valence-electron chi connectivity index (χ0n) is 19.9. The van der Waals surface area contributed by atoms with Crippen molar-refractivity contribution in [2.45, 2.75) is 57.2 Å². The van der Waals surface area contributed by atoms with Crippen LogP contribution in [0.1, 0.15) is 41.5 Å². The van der Waals surface area contributed by atoms with Gasteiger partial charge in [-0.05, 0) is 67.2 Å². The quantitative estimate of drug-likeness (QED) is 0.538. The molecule has 1 atom stereocenters. The number of aryl methyl sites for hydroxylation is 3. The summed E-state index contributed by atoms with van der Waals surface area (Å²) in [6, 6.07) is 0.539. The molecule has 1 fully saturated rings. The number of amides is 2. The Kier molecular flexibility index (Phi) is 8.20. The Morgan fingerprint density at radius 3 is 2.38 bits per heavy atom. The first-order valence-corrected chi connectivity index (χ1v) is 13.5. The standard InChI is InChI=1S/C23H29F3N6O3S.Na.H/c1-30-12-18(11-27-30)32(17-8-9-31(13-17)14-23(24,25)26)36(34,35)29-22(33)28-21-19-6-2-4-15(19)10-16-5-3-7-20(16)21;;/h10-12,17H,2-9,13-14H2,1H3,(H2,28,29,33);;. The van der Waals surface area contributed by atoms with E-state index in [1.165, 1.54) is 33.1 Å². The van der Waals surface area contributed by atoms with Crippen LogP contribution in [0.4, 0.5) is 29.3 Å². The van der Waals surface area contributed by atoms with Crippen LogP contribution in [0.5, 0.6) is 0 Å². The molecule has 2 aliphatic carbocycles. The molecule has 2 amide bonds. The molecule has 1 aliphatic heterocycles. The van der Waals surface area contributed by atoms with Crippen molar-refractivity contribution >= 4 is 57.2 Å². The zero-order valence-corrected chi connectivity index (χ0v) is 20.8. The molecule has 0 spiro atoms. The molecule has 37 heavy (non-hydrogen) atoms. The fourth-order valence-corrected chi connectivity index (χ4v) is 7.06. The minimum atomic E-state index is -4.45. The third kappa shape index (κ3) is 6.11. The fraction of sp³-hybridized carbons (Fsp3) is 0.565. The molecule has 1 aromatic carbocycles. The van der Waals surface area contributed by atoms with Gasteiger partial charge in [0.25, 0.3) is 0 Å². The molecule has 2 N–H and O–H groups in total. The van der Waals surface area contributed by atoms with Crippen LogP contribution in [-0.2, 0) is 42.9 Å². The average molecular weight is 551 g/mol. The molecule has 2 aromatic rings. The van der Waals surface area contributed by atoms with Crippen molar-refractivity contribution < 1.29 is 26.4 Å². The summed E-state index contributed by atoms with van der Waals surface area (Å²) >= 11 is 0. The SMILES string of the molecule is Cn1cc(N(C2CCN(CC(F)(F)F)C2)S(=O)(=O)NC(=O)Nc2c3c(cc4c2CCC4)CCC3)cn1.[NaH]. The number of hydrogen-bond acceptors (Lipinski definition) is 5. The zero-order chi connectivity index (χ0) is 25.7. The molecule has 14 heteroatoms. The Labute approximate surface area is 236 Å². The van der Waals surface area contributed by atoms with E-state index < -0.39 is 35.0 Å². The molecule has 0 bridgehead atoms. The average Bonchev–Trinajstić information content (AvgIpc) is 3.54. The second kappa shape index (κ2) is 10.8. The number of alkyl halides is 3. The number of hydrogen-bond donors (Lipinski definition) is 2. The molecule has 1 unspecified atom stereocenters. The summed E-state index contributed by atoms with van der Waals surface area (Å²) in [6.07, 6.45) is 4.06. The van der Waals surface area contributed by atoms with Gasteiger partial charge in [-0.3, -0.25) is 9.58 Å². The summed E-state index contributed by atoms with van der Waals surface area (Å²) in [5, 5.41) is 6.82.